The maximum Gasteiger partial charge on any atom is 0.129 e. The van der Waals surface area contributed by atoms with E-state index in [2.05, 4.69) is 31.0 Å². The zero-order chi connectivity index (χ0) is 15.6. The van der Waals surface area contributed by atoms with Crippen LogP contribution < -0.4 is 5.32 Å². The van der Waals surface area contributed by atoms with Crippen molar-refractivity contribution in [3.63, 3.8) is 0 Å². The summed E-state index contributed by atoms with van der Waals surface area (Å²) in [5.41, 5.74) is 2.74. The normalized spacial score (nSPS) is 23.8. The highest BCUT2D eigenvalue weighted by Crippen LogP contribution is 2.19. The molecule has 21 heavy (non-hydrogen) atoms. The Balaban J connectivity index is 2.06. The second-order valence-electron chi connectivity index (χ2n) is 7.06. The number of nitrogens with zero attached hydrogens (tertiary/aromatic N) is 1. The Labute approximate surface area is 128 Å². The van der Waals surface area contributed by atoms with Gasteiger partial charge in [0.05, 0.1) is 0 Å². The smallest absolute Gasteiger partial charge is 0.129 e. The Kier molecular flexibility index (Phi) is 5.39. The molecule has 0 amide bonds. The molecule has 1 aliphatic heterocycles. The van der Waals surface area contributed by atoms with Gasteiger partial charge in [-0.2, -0.15) is 0 Å². The van der Waals surface area contributed by atoms with Gasteiger partial charge in [-0.3, -0.25) is 4.90 Å². The molecule has 1 aliphatic rings. The summed E-state index contributed by atoms with van der Waals surface area (Å²) in [5, 5.41) is 3.65. The zero-order valence-electron chi connectivity index (χ0n) is 14.0. The molecule has 2 atom stereocenters. The van der Waals surface area contributed by atoms with E-state index >= 15 is 0 Å². The van der Waals surface area contributed by atoms with Crippen molar-refractivity contribution in [2.75, 3.05) is 13.1 Å². The molecule has 3 heteroatoms. The number of nitrogens with one attached hydrogen (secondary N) is 1. The first-order valence-electron chi connectivity index (χ1n) is 8.10. The van der Waals surface area contributed by atoms with Crippen LogP contribution in [-0.4, -0.2) is 30.1 Å². The van der Waals surface area contributed by atoms with Crippen LogP contribution in [0.5, 0.6) is 0 Å². The standard InChI is InChI=1S/C18H29FN2/c1-12(2)6-17-11-21(15(5)9-20-17)10-16-7-13(3)18(19)14(4)8-16/h7-8,12,15,17,20H,6,9-11H2,1-5H3. The van der Waals surface area contributed by atoms with Gasteiger partial charge in [-0.15, -0.1) is 0 Å². The molecule has 1 aromatic rings. The van der Waals surface area contributed by atoms with E-state index in [-0.39, 0.29) is 5.82 Å². The van der Waals surface area contributed by atoms with Crippen LogP contribution in [0.25, 0.3) is 0 Å². The molecule has 0 aromatic heterocycles. The van der Waals surface area contributed by atoms with E-state index in [1.165, 1.54) is 12.0 Å². The van der Waals surface area contributed by atoms with Crippen LogP contribution in [0.3, 0.4) is 0 Å². The Morgan fingerprint density at radius 3 is 2.48 bits per heavy atom. The molecule has 2 rings (SSSR count). The van der Waals surface area contributed by atoms with E-state index in [1.54, 1.807) is 0 Å². The Morgan fingerprint density at radius 1 is 1.29 bits per heavy atom. The first-order chi connectivity index (χ1) is 9.86. The van der Waals surface area contributed by atoms with Gasteiger partial charge in [-0.05, 0) is 49.8 Å². The molecule has 2 nitrogen and oxygen atoms in total. The average molecular weight is 292 g/mol. The second-order valence-corrected chi connectivity index (χ2v) is 7.06. The highest BCUT2D eigenvalue weighted by Gasteiger charge is 2.25. The minimum atomic E-state index is -0.0650. The van der Waals surface area contributed by atoms with Gasteiger partial charge < -0.3 is 5.32 Å². The molecule has 1 heterocycles. The molecule has 2 unspecified atom stereocenters. The molecular formula is C18H29FN2. The van der Waals surface area contributed by atoms with Gasteiger partial charge in [0.15, 0.2) is 0 Å². The van der Waals surface area contributed by atoms with Crippen LogP contribution in [0.4, 0.5) is 4.39 Å². The lowest BCUT2D eigenvalue weighted by Crippen LogP contribution is -2.55. The van der Waals surface area contributed by atoms with Gasteiger partial charge in [0.2, 0.25) is 0 Å². The Bertz CT molecular complexity index is 461. The highest BCUT2D eigenvalue weighted by molar-refractivity contribution is 5.30. The van der Waals surface area contributed by atoms with Crippen LogP contribution in [0.2, 0.25) is 0 Å². The molecule has 0 spiro atoms. The lowest BCUT2D eigenvalue weighted by molar-refractivity contribution is 0.124. The van der Waals surface area contributed by atoms with E-state index in [0.29, 0.717) is 18.0 Å². The monoisotopic (exact) mass is 292 g/mol. The predicted molar refractivity (Wildman–Crippen MR) is 87.0 cm³/mol. The summed E-state index contributed by atoms with van der Waals surface area (Å²) in [6, 6.07) is 5.09. The zero-order valence-corrected chi connectivity index (χ0v) is 14.0. The molecule has 1 saturated heterocycles. The Morgan fingerprint density at radius 2 is 1.90 bits per heavy atom. The molecule has 0 radical (unpaired) electrons. The van der Waals surface area contributed by atoms with Crippen molar-refractivity contribution in [1.82, 2.24) is 10.2 Å². The minimum absolute atomic E-state index is 0.0650. The Hall–Kier alpha value is -0.930. The summed E-state index contributed by atoms with van der Waals surface area (Å²) in [5.74, 6) is 0.651. The molecule has 1 fully saturated rings. The van der Waals surface area contributed by atoms with Crippen molar-refractivity contribution in [3.05, 3.63) is 34.6 Å². The third kappa shape index (κ3) is 4.27. The van der Waals surface area contributed by atoms with Gasteiger partial charge in [0.1, 0.15) is 5.82 Å². The summed E-state index contributed by atoms with van der Waals surface area (Å²) >= 11 is 0. The number of piperazine rings is 1. The highest BCUT2D eigenvalue weighted by atomic mass is 19.1. The second kappa shape index (κ2) is 6.89. The number of hydrogen-bond donors (Lipinski definition) is 1. The maximum atomic E-state index is 13.7. The number of hydrogen-bond acceptors (Lipinski definition) is 2. The predicted octanol–water partition coefficient (Wildman–Crippen LogP) is 3.65. The summed E-state index contributed by atoms with van der Waals surface area (Å²) in [7, 11) is 0. The molecule has 118 valence electrons. The lowest BCUT2D eigenvalue weighted by atomic mass is 9.99. The van der Waals surface area contributed by atoms with Crippen LogP contribution in [0.15, 0.2) is 12.1 Å². The molecule has 0 aliphatic carbocycles. The van der Waals surface area contributed by atoms with Crippen LogP contribution in [0, 0.1) is 25.6 Å². The molecule has 0 bridgehead atoms. The number of halogens is 1. The van der Waals surface area contributed by atoms with Crippen molar-refractivity contribution in [1.29, 1.82) is 0 Å². The quantitative estimate of drug-likeness (QED) is 0.911. The summed E-state index contributed by atoms with van der Waals surface area (Å²) in [6.45, 7) is 13.6. The SMILES string of the molecule is Cc1cc(CN2CC(CC(C)C)NCC2C)cc(C)c1F. The summed E-state index contributed by atoms with van der Waals surface area (Å²) < 4.78 is 13.7. The van der Waals surface area contributed by atoms with E-state index in [4.69, 9.17) is 0 Å². The van der Waals surface area contributed by atoms with Crippen LogP contribution in [0.1, 0.15) is 43.9 Å². The lowest BCUT2D eigenvalue weighted by Gasteiger charge is -2.39. The van der Waals surface area contributed by atoms with E-state index in [1.807, 2.05) is 26.0 Å². The van der Waals surface area contributed by atoms with Crippen molar-refractivity contribution in [2.45, 2.75) is 59.7 Å². The molecular weight excluding hydrogens is 263 g/mol. The average Bonchev–Trinajstić information content (AvgIpc) is 2.39. The van der Waals surface area contributed by atoms with Gasteiger partial charge in [-0.1, -0.05) is 26.0 Å². The minimum Gasteiger partial charge on any atom is -0.311 e. The van der Waals surface area contributed by atoms with Gasteiger partial charge >= 0.3 is 0 Å². The molecule has 1 N–H and O–H groups in total. The van der Waals surface area contributed by atoms with Crippen molar-refractivity contribution in [2.24, 2.45) is 5.92 Å². The third-order valence-electron chi connectivity index (χ3n) is 4.42. The number of aryl methyl sites for hydroxylation is 2. The van der Waals surface area contributed by atoms with Gasteiger partial charge in [0, 0.05) is 31.7 Å². The fourth-order valence-corrected chi connectivity index (χ4v) is 3.30. The van der Waals surface area contributed by atoms with E-state index in [9.17, 15) is 4.39 Å². The van der Waals surface area contributed by atoms with Gasteiger partial charge in [0.25, 0.3) is 0 Å². The van der Waals surface area contributed by atoms with Crippen LogP contribution >= 0.6 is 0 Å². The van der Waals surface area contributed by atoms with Crippen molar-refractivity contribution in [3.8, 4) is 0 Å². The first-order valence-corrected chi connectivity index (χ1v) is 8.10. The largest absolute Gasteiger partial charge is 0.311 e. The van der Waals surface area contributed by atoms with Crippen LogP contribution in [-0.2, 0) is 6.54 Å². The number of rotatable bonds is 4. The fourth-order valence-electron chi connectivity index (χ4n) is 3.30. The topological polar surface area (TPSA) is 15.3 Å². The van der Waals surface area contributed by atoms with E-state index in [0.717, 1.165) is 30.8 Å². The van der Waals surface area contributed by atoms with E-state index < -0.39 is 0 Å². The third-order valence-corrected chi connectivity index (χ3v) is 4.42. The summed E-state index contributed by atoms with van der Waals surface area (Å²) in [6.07, 6.45) is 1.21. The first kappa shape index (κ1) is 16.4. The summed E-state index contributed by atoms with van der Waals surface area (Å²) in [4.78, 5) is 2.52. The van der Waals surface area contributed by atoms with Crippen molar-refractivity contribution >= 4 is 0 Å². The van der Waals surface area contributed by atoms with Crippen molar-refractivity contribution < 1.29 is 4.39 Å². The maximum absolute atomic E-state index is 13.7. The number of benzene rings is 1. The van der Waals surface area contributed by atoms with Gasteiger partial charge in [-0.25, -0.2) is 4.39 Å². The fraction of sp³-hybridized carbons (Fsp3) is 0.667. The molecule has 1 aromatic carbocycles. The molecule has 0 saturated carbocycles.